The lowest BCUT2D eigenvalue weighted by atomic mass is 10.1. The summed E-state index contributed by atoms with van der Waals surface area (Å²) in [6.45, 7) is 0. The van der Waals surface area contributed by atoms with Crippen LogP contribution in [0.3, 0.4) is 0 Å². The minimum atomic E-state index is -0.333. The van der Waals surface area contributed by atoms with Crippen molar-refractivity contribution in [1.82, 2.24) is 9.97 Å². The number of carbonyl (C=O) groups is 1. The van der Waals surface area contributed by atoms with Gasteiger partial charge in [-0.05, 0) is 29.3 Å². The predicted molar refractivity (Wildman–Crippen MR) is 122 cm³/mol. The van der Waals surface area contributed by atoms with Crippen LogP contribution in [-0.2, 0) is 11.2 Å². The van der Waals surface area contributed by atoms with E-state index in [1.807, 2.05) is 72.8 Å². The molecule has 1 N–H and O–H groups in total. The van der Waals surface area contributed by atoms with E-state index in [1.165, 1.54) is 12.1 Å². The van der Waals surface area contributed by atoms with Crippen molar-refractivity contribution in [2.45, 2.75) is 6.42 Å². The number of hydrogen-bond acceptors (Lipinski definition) is 3. The van der Waals surface area contributed by atoms with Gasteiger partial charge in [-0.15, -0.1) is 0 Å². The summed E-state index contributed by atoms with van der Waals surface area (Å²) in [5.74, 6) is -0.207. The Bertz CT molecular complexity index is 1190. The molecule has 4 nitrogen and oxygen atoms in total. The van der Waals surface area contributed by atoms with Gasteiger partial charge in [0.2, 0.25) is 5.91 Å². The Kier molecular flexibility index (Phi) is 6.24. The van der Waals surface area contributed by atoms with Crippen LogP contribution in [0.2, 0.25) is 0 Å². The first-order valence-corrected chi connectivity index (χ1v) is 9.87. The van der Waals surface area contributed by atoms with Crippen molar-refractivity contribution in [1.29, 1.82) is 0 Å². The SMILES string of the molecule is O=C(Cc1ccc(F)cc1)Nc1ncc(-c2ccccc2)nc1/C=C/c1ccccc1. The number of rotatable bonds is 6. The second-order valence-corrected chi connectivity index (χ2v) is 6.95. The fourth-order valence-corrected chi connectivity index (χ4v) is 3.07. The lowest BCUT2D eigenvalue weighted by Gasteiger charge is -2.09. The highest BCUT2D eigenvalue weighted by molar-refractivity contribution is 5.93. The molecule has 0 bridgehead atoms. The Morgan fingerprint density at radius 3 is 2.26 bits per heavy atom. The van der Waals surface area contributed by atoms with Gasteiger partial charge in [0.1, 0.15) is 11.5 Å². The van der Waals surface area contributed by atoms with Gasteiger partial charge in [0.05, 0.1) is 18.3 Å². The van der Waals surface area contributed by atoms with Crippen LogP contribution >= 0.6 is 0 Å². The second-order valence-electron chi connectivity index (χ2n) is 6.95. The van der Waals surface area contributed by atoms with Crippen LogP contribution < -0.4 is 5.32 Å². The van der Waals surface area contributed by atoms with Crippen molar-refractivity contribution in [2.75, 3.05) is 5.32 Å². The molecule has 0 aliphatic rings. The lowest BCUT2D eigenvalue weighted by molar-refractivity contribution is -0.115. The molecule has 4 aromatic rings. The van der Waals surface area contributed by atoms with Gasteiger partial charge in [0.25, 0.3) is 0 Å². The van der Waals surface area contributed by atoms with Crippen molar-refractivity contribution in [3.8, 4) is 11.3 Å². The maximum atomic E-state index is 13.1. The van der Waals surface area contributed by atoms with Crippen LogP contribution in [0.25, 0.3) is 23.4 Å². The van der Waals surface area contributed by atoms with Crippen LogP contribution in [0, 0.1) is 5.82 Å². The predicted octanol–water partition coefficient (Wildman–Crippen LogP) is 5.63. The molecular weight excluding hydrogens is 389 g/mol. The Morgan fingerprint density at radius 2 is 1.55 bits per heavy atom. The molecule has 0 saturated carbocycles. The monoisotopic (exact) mass is 409 g/mol. The van der Waals surface area contributed by atoms with E-state index in [-0.39, 0.29) is 18.1 Å². The fourth-order valence-electron chi connectivity index (χ4n) is 3.07. The molecule has 0 saturated heterocycles. The topological polar surface area (TPSA) is 54.9 Å². The summed E-state index contributed by atoms with van der Waals surface area (Å²) >= 11 is 0. The number of anilines is 1. The number of carbonyl (C=O) groups excluding carboxylic acids is 1. The number of nitrogens with one attached hydrogen (secondary N) is 1. The quantitative estimate of drug-likeness (QED) is 0.449. The zero-order chi connectivity index (χ0) is 21.5. The van der Waals surface area contributed by atoms with Gasteiger partial charge in [0, 0.05) is 5.56 Å². The van der Waals surface area contributed by atoms with Crippen LogP contribution in [0.5, 0.6) is 0 Å². The van der Waals surface area contributed by atoms with Gasteiger partial charge in [-0.2, -0.15) is 0 Å². The third kappa shape index (κ3) is 5.48. The van der Waals surface area contributed by atoms with E-state index in [4.69, 9.17) is 4.98 Å². The minimum absolute atomic E-state index is 0.115. The molecule has 0 spiro atoms. The van der Waals surface area contributed by atoms with Crippen LogP contribution in [-0.4, -0.2) is 15.9 Å². The molecule has 3 aromatic carbocycles. The molecule has 0 fully saturated rings. The highest BCUT2D eigenvalue weighted by atomic mass is 19.1. The van der Waals surface area contributed by atoms with E-state index in [9.17, 15) is 9.18 Å². The van der Waals surface area contributed by atoms with Gasteiger partial charge in [0.15, 0.2) is 5.82 Å². The molecule has 0 atom stereocenters. The Balaban J connectivity index is 1.61. The zero-order valence-electron chi connectivity index (χ0n) is 16.7. The normalized spacial score (nSPS) is 10.9. The summed E-state index contributed by atoms with van der Waals surface area (Å²) in [4.78, 5) is 21.7. The number of nitrogens with zero attached hydrogens (tertiary/aromatic N) is 2. The maximum absolute atomic E-state index is 13.1. The third-order valence-corrected chi connectivity index (χ3v) is 4.64. The molecule has 31 heavy (non-hydrogen) atoms. The molecule has 4 rings (SSSR count). The first-order chi connectivity index (χ1) is 15.2. The average molecular weight is 409 g/mol. The number of aromatic nitrogens is 2. The largest absolute Gasteiger partial charge is 0.309 e. The molecule has 1 amide bonds. The van der Waals surface area contributed by atoms with E-state index in [0.717, 1.165) is 11.1 Å². The smallest absolute Gasteiger partial charge is 0.230 e. The van der Waals surface area contributed by atoms with Crippen molar-refractivity contribution < 1.29 is 9.18 Å². The van der Waals surface area contributed by atoms with E-state index in [1.54, 1.807) is 18.3 Å². The Labute approximate surface area is 180 Å². The van der Waals surface area contributed by atoms with E-state index in [2.05, 4.69) is 10.3 Å². The highest BCUT2D eigenvalue weighted by Crippen LogP contribution is 2.21. The summed E-state index contributed by atoms with van der Waals surface area (Å²) in [6.07, 6.45) is 5.52. The summed E-state index contributed by atoms with van der Waals surface area (Å²) < 4.78 is 13.1. The molecular formula is C26H20FN3O. The first kappa shape index (κ1) is 20.2. The summed E-state index contributed by atoms with van der Waals surface area (Å²) in [7, 11) is 0. The van der Waals surface area contributed by atoms with Crippen molar-refractivity contribution in [3.05, 3.63) is 114 Å². The molecule has 0 unspecified atom stereocenters. The Hall–Kier alpha value is -4.12. The van der Waals surface area contributed by atoms with Crippen LogP contribution in [0.15, 0.2) is 91.1 Å². The van der Waals surface area contributed by atoms with Crippen LogP contribution in [0.4, 0.5) is 10.2 Å². The number of hydrogen-bond donors (Lipinski definition) is 1. The van der Waals surface area contributed by atoms with Gasteiger partial charge in [-0.3, -0.25) is 4.79 Å². The molecule has 1 heterocycles. The number of amides is 1. The van der Waals surface area contributed by atoms with Crippen LogP contribution in [0.1, 0.15) is 16.8 Å². The van der Waals surface area contributed by atoms with Crippen molar-refractivity contribution in [2.24, 2.45) is 0 Å². The fraction of sp³-hybridized carbons (Fsp3) is 0.0385. The van der Waals surface area contributed by atoms with E-state index < -0.39 is 0 Å². The Morgan fingerprint density at radius 1 is 0.871 bits per heavy atom. The zero-order valence-corrected chi connectivity index (χ0v) is 16.7. The number of benzene rings is 3. The molecule has 0 radical (unpaired) electrons. The molecule has 152 valence electrons. The van der Waals surface area contributed by atoms with E-state index in [0.29, 0.717) is 22.8 Å². The summed E-state index contributed by atoms with van der Waals surface area (Å²) in [6, 6.07) is 25.4. The summed E-state index contributed by atoms with van der Waals surface area (Å²) in [5.41, 5.74) is 3.93. The first-order valence-electron chi connectivity index (χ1n) is 9.87. The maximum Gasteiger partial charge on any atom is 0.230 e. The molecule has 5 heteroatoms. The summed E-state index contributed by atoms with van der Waals surface area (Å²) in [5, 5.41) is 2.83. The van der Waals surface area contributed by atoms with Gasteiger partial charge >= 0.3 is 0 Å². The van der Waals surface area contributed by atoms with Gasteiger partial charge < -0.3 is 5.32 Å². The highest BCUT2D eigenvalue weighted by Gasteiger charge is 2.11. The standard InChI is InChI=1S/C26H20FN3O/c27-22-14-11-20(12-15-22)17-25(31)30-26-23(16-13-19-7-3-1-4-8-19)29-24(18-28-26)21-9-5-2-6-10-21/h1-16,18H,17H2,(H,28,30,31)/b16-13+. The lowest BCUT2D eigenvalue weighted by Crippen LogP contribution is -2.16. The molecule has 0 aliphatic carbocycles. The third-order valence-electron chi connectivity index (χ3n) is 4.64. The average Bonchev–Trinajstić information content (AvgIpc) is 2.81. The number of halogens is 1. The molecule has 0 aliphatic heterocycles. The van der Waals surface area contributed by atoms with Crippen molar-refractivity contribution >= 4 is 23.9 Å². The molecule has 1 aromatic heterocycles. The van der Waals surface area contributed by atoms with Gasteiger partial charge in [-0.1, -0.05) is 78.9 Å². The van der Waals surface area contributed by atoms with Crippen molar-refractivity contribution in [3.63, 3.8) is 0 Å². The van der Waals surface area contributed by atoms with E-state index >= 15 is 0 Å². The second kappa shape index (κ2) is 9.59. The van der Waals surface area contributed by atoms with Gasteiger partial charge in [-0.25, -0.2) is 14.4 Å². The minimum Gasteiger partial charge on any atom is -0.309 e.